The number of sulfonamides is 1. The first kappa shape index (κ1) is 18.6. The number of rotatable bonds is 7. The van der Waals surface area contributed by atoms with Crippen molar-refractivity contribution < 1.29 is 13.2 Å². The van der Waals surface area contributed by atoms with Crippen molar-refractivity contribution in [2.45, 2.75) is 38.1 Å². The van der Waals surface area contributed by atoms with Crippen LogP contribution in [-0.2, 0) is 21.4 Å². The monoisotopic (exact) mass is 376 g/mol. The topological polar surface area (TPSA) is 84.3 Å². The highest BCUT2D eigenvalue weighted by Gasteiger charge is 2.22. The third kappa shape index (κ3) is 4.13. The van der Waals surface area contributed by atoms with Crippen molar-refractivity contribution in [1.29, 1.82) is 0 Å². The van der Waals surface area contributed by atoms with Crippen molar-refractivity contribution in [3.63, 3.8) is 0 Å². The Balaban J connectivity index is 1.60. The van der Waals surface area contributed by atoms with E-state index in [1.807, 2.05) is 24.6 Å². The summed E-state index contributed by atoms with van der Waals surface area (Å²) in [7, 11) is -3.58. The number of carbonyl (C=O) groups is 1. The number of aryl methyl sites for hydroxylation is 1. The van der Waals surface area contributed by atoms with Gasteiger partial charge in [0.1, 0.15) is 0 Å². The maximum atomic E-state index is 12.5. The summed E-state index contributed by atoms with van der Waals surface area (Å²) < 4.78 is 29.5. The third-order valence-corrected chi connectivity index (χ3v) is 6.01. The van der Waals surface area contributed by atoms with Gasteiger partial charge in [0, 0.05) is 43.6 Å². The molecule has 1 amide bonds. The molecule has 1 aliphatic rings. The number of anilines is 1. The zero-order valence-corrected chi connectivity index (χ0v) is 15.9. The number of amides is 1. The van der Waals surface area contributed by atoms with Crippen molar-refractivity contribution in [2.75, 3.05) is 18.0 Å². The van der Waals surface area contributed by atoms with Crippen LogP contribution in [-0.4, -0.2) is 37.2 Å². The minimum absolute atomic E-state index is 0.0847. The summed E-state index contributed by atoms with van der Waals surface area (Å²) in [5.74, 6) is 0.186. The number of nitrogens with zero attached hydrogens (tertiary/aromatic N) is 3. The Morgan fingerprint density at radius 3 is 2.54 bits per heavy atom. The average molecular weight is 376 g/mol. The Kier molecular flexibility index (Phi) is 5.43. The maximum Gasteiger partial charge on any atom is 0.240 e. The second-order valence-corrected chi connectivity index (χ2v) is 8.52. The summed E-state index contributed by atoms with van der Waals surface area (Å²) >= 11 is 0. The Labute approximate surface area is 154 Å². The molecular weight excluding hydrogens is 352 g/mol. The van der Waals surface area contributed by atoms with E-state index in [4.69, 9.17) is 0 Å². The highest BCUT2D eigenvalue weighted by atomic mass is 32.2. The summed E-state index contributed by atoms with van der Waals surface area (Å²) in [6, 6.07) is 8.39. The van der Waals surface area contributed by atoms with Crippen molar-refractivity contribution >= 4 is 21.6 Å². The van der Waals surface area contributed by atoms with E-state index in [0.717, 1.165) is 17.8 Å². The maximum absolute atomic E-state index is 12.5. The first-order valence-corrected chi connectivity index (χ1v) is 10.2. The fraction of sp³-hybridized carbons (Fsp3) is 0.444. The molecule has 0 bridgehead atoms. The van der Waals surface area contributed by atoms with Crippen molar-refractivity contribution in [1.82, 2.24) is 14.5 Å². The van der Waals surface area contributed by atoms with E-state index < -0.39 is 10.0 Å². The molecule has 1 aromatic heterocycles. The second-order valence-electron chi connectivity index (χ2n) is 6.75. The zero-order valence-electron chi connectivity index (χ0n) is 15.1. The molecule has 0 saturated carbocycles. The highest BCUT2D eigenvalue weighted by molar-refractivity contribution is 7.89. The molecule has 1 aromatic carbocycles. The highest BCUT2D eigenvalue weighted by Crippen LogP contribution is 2.23. The van der Waals surface area contributed by atoms with Crippen LogP contribution < -0.4 is 9.62 Å². The van der Waals surface area contributed by atoms with Crippen LogP contribution >= 0.6 is 0 Å². The van der Waals surface area contributed by atoms with E-state index in [9.17, 15) is 13.2 Å². The van der Waals surface area contributed by atoms with Gasteiger partial charge in [-0.15, -0.1) is 0 Å². The number of aromatic nitrogens is 2. The number of benzene rings is 1. The van der Waals surface area contributed by atoms with Crippen LogP contribution in [0.2, 0.25) is 0 Å². The number of nitrogens with one attached hydrogen (secondary N) is 1. The summed E-state index contributed by atoms with van der Waals surface area (Å²) in [5.41, 5.74) is 1.79. The lowest BCUT2D eigenvalue weighted by atomic mass is 10.2. The molecule has 1 aliphatic heterocycles. The molecule has 0 spiro atoms. The molecule has 8 heteroatoms. The van der Waals surface area contributed by atoms with Gasteiger partial charge in [0.2, 0.25) is 15.9 Å². The fourth-order valence-corrected chi connectivity index (χ4v) is 4.18. The van der Waals surface area contributed by atoms with Crippen molar-refractivity contribution in [3.05, 3.63) is 42.2 Å². The van der Waals surface area contributed by atoms with Gasteiger partial charge in [-0.05, 0) is 49.6 Å². The molecule has 3 rings (SSSR count). The lowest BCUT2D eigenvalue weighted by Gasteiger charge is -2.17. The molecule has 1 atom stereocenters. The second kappa shape index (κ2) is 7.59. The van der Waals surface area contributed by atoms with Gasteiger partial charge in [-0.1, -0.05) is 6.92 Å². The number of carbonyl (C=O) groups excluding carboxylic acids is 1. The lowest BCUT2D eigenvalue weighted by Crippen LogP contribution is -2.30. The van der Waals surface area contributed by atoms with Gasteiger partial charge in [0.15, 0.2) is 0 Å². The smallest absolute Gasteiger partial charge is 0.240 e. The molecule has 2 heterocycles. The van der Waals surface area contributed by atoms with Gasteiger partial charge in [0.05, 0.1) is 4.90 Å². The standard InChI is InChI=1S/C18H24N4O3S/c1-14(13-22-15(2)9-10-19-22)12-20-26(24,25)17-7-5-16(6-8-17)21-11-3-4-18(21)23/h5-10,14,20H,3-4,11-13H2,1-2H3/t14-/m1/s1. The fourth-order valence-electron chi connectivity index (χ4n) is 3.01. The molecule has 0 unspecified atom stereocenters. The van der Waals surface area contributed by atoms with Crippen molar-refractivity contribution in [2.24, 2.45) is 5.92 Å². The third-order valence-electron chi connectivity index (χ3n) is 4.57. The average Bonchev–Trinajstić information content (AvgIpc) is 3.22. The van der Waals surface area contributed by atoms with Gasteiger partial charge in [-0.25, -0.2) is 13.1 Å². The molecule has 2 aromatic rings. The molecular formula is C18H24N4O3S. The van der Waals surface area contributed by atoms with Crippen LogP contribution in [0.5, 0.6) is 0 Å². The molecule has 1 N–H and O–H groups in total. The normalized spacial score (nSPS) is 16.2. The predicted molar refractivity (Wildman–Crippen MR) is 99.3 cm³/mol. The number of hydrogen-bond acceptors (Lipinski definition) is 4. The Morgan fingerprint density at radius 2 is 1.96 bits per heavy atom. The van der Waals surface area contributed by atoms with E-state index in [-0.39, 0.29) is 16.7 Å². The largest absolute Gasteiger partial charge is 0.312 e. The predicted octanol–water partition coefficient (Wildman–Crippen LogP) is 1.93. The quantitative estimate of drug-likeness (QED) is 0.800. The van der Waals surface area contributed by atoms with E-state index in [0.29, 0.717) is 26.1 Å². The molecule has 1 fully saturated rings. The van der Waals surface area contributed by atoms with Crippen LogP contribution in [0.15, 0.2) is 41.4 Å². The zero-order chi connectivity index (χ0) is 18.7. The van der Waals surface area contributed by atoms with Gasteiger partial charge in [0.25, 0.3) is 0 Å². The van der Waals surface area contributed by atoms with Gasteiger partial charge in [-0.3, -0.25) is 9.48 Å². The first-order valence-electron chi connectivity index (χ1n) is 8.75. The minimum Gasteiger partial charge on any atom is -0.312 e. The molecule has 1 saturated heterocycles. The van der Waals surface area contributed by atoms with Crippen LogP contribution in [0.25, 0.3) is 0 Å². The number of hydrogen-bond donors (Lipinski definition) is 1. The van der Waals surface area contributed by atoms with E-state index in [1.165, 1.54) is 0 Å². The van der Waals surface area contributed by atoms with Gasteiger partial charge >= 0.3 is 0 Å². The Morgan fingerprint density at radius 1 is 1.23 bits per heavy atom. The summed E-state index contributed by atoms with van der Waals surface area (Å²) in [5, 5.41) is 4.22. The van der Waals surface area contributed by atoms with E-state index in [1.54, 1.807) is 35.4 Å². The molecule has 26 heavy (non-hydrogen) atoms. The molecule has 0 radical (unpaired) electrons. The summed E-state index contributed by atoms with van der Waals surface area (Å²) in [4.78, 5) is 13.7. The Bertz CT molecular complexity index is 874. The van der Waals surface area contributed by atoms with Crippen LogP contribution in [0.1, 0.15) is 25.5 Å². The Hall–Kier alpha value is -2.19. The summed E-state index contributed by atoms with van der Waals surface area (Å²) in [6.07, 6.45) is 3.13. The van der Waals surface area contributed by atoms with Crippen LogP contribution in [0, 0.1) is 12.8 Å². The molecule has 140 valence electrons. The first-order chi connectivity index (χ1) is 12.4. The van der Waals surface area contributed by atoms with Crippen molar-refractivity contribution in [3.8, 4) is 0 Å². The lowest BCUT2D eigenvalue weighted by molar-refractivity contribution is -0.117. The SMILES string of the molecule is Cc1ccnn1C[C@H](C)CNS(=O)(=O)c1ccc(N2CCCC2=O)cc1. The minimum atomic E-state index is -3.58. The van der Waals surface area contributed by atoms with E-state index in [2.05, 4.69) is 9.82 Å². The summed E-state index contributed by atoms with van der Waals surface area (Å²) in [6.45, 7) is 5.61. The van der Waals surface area contributed by atoms with E-state index >= 15 is 0 Å². The van der Waals surface area contributed by atoms with Gasteiger partial charge < -0.3 is 4.90 Å². The van der Waals surface area contributed by atoms with Crippen LogP contribution in [0.4, 0.5) is 5.69 Å². The van der Waals surface area contributed by atoms with Gasteiger partial charge in [-0.2, -0.15) is 5.10 Å². The molecule has 7 nitrogen and oxygen atoms in total. The van der Waals surface area contributed by atoms with Crippen LogP contribution in [0.3, 0.4) is 0 Å². The molecule has 0 aliphatic carbocycles.